The summed E-state index contributed by atoms with van der Waals surface area (Å²) in [7, 11) is 0. The van der Waals surface area contributed by atoms with Crippen LogP contribution in [0.2, 0.25) is 0 Å². The quantitative estimate of drug-likeness (QED) is 0.251. The summed E-state index contributed by atoms with van der Waals surface area (Å²) in [6.45, 7) is 12.1. The van der Waals surface area contributed by atoms with E-state index in [9.17, 15) is 9.90 Å². The molecule has 0 unspecified atom stereocenters. The third-order valence-electron chi connectivity index (χ3n) is 5.24. The number of rotatable bonds is 7. The summed E-state index contributed by atoms with van der Waals surface area (Å²) in [5.74, 6) is -0.0817. The minimum Gasteiger partial charge on any atom is -0.505 e. The number of nitrogens with one attached hydrogen (secondary N) is 2. The van der Waals surface area contributed by atoms with Gasteiger partial charge in [0.05, 0.1) is 23.4 Å². The topological polar surface area (TPSA) is 94.8 Å². The third kappa shape index (κ3) is 5.81. The number of phenols is 1. The molecule has 0 aliphatic heterocycles. The van der Waals surface area contributed by atoms with Crippen molar-refractivity contribution in [1.82, 2.24) is 0 Å². The molecule has 1 aromatic rings. The Kier molecular flexibility index (Phi) is 7.24. The molecule has 0 heterocycles. The van der Waals surface area contributed by atoms with Crippen LogP contribution in [0.25, 0.3) is 0 Å². The standard InChI is InChI=1S/C24H33N3O3/c1-7-24(5,6)22(29)30-13-12-16-14-17(23(2,3)4)21(28)20(15-16)27-26-19-11-9-8-10-18(19)25/h8-11,14-15,25,27-28H,7,12-13H2,1-6H3/b25-18?,26-19-. The number of allylic oxidation sites excluding steroid dienone is 4. The lowest BCUT2D eigenvalue weighted by atomic mass is 9.84. The molecule has 6 nitrogen and oxygen atoms in total. The highest BCUT2D eigenvalue weighted by Gasteiger charge is 2.27. The number of hydrogen-bond acceptors (Lipinski definition) is 6. The van der Waals surface area contributed by atoms with E-state index in [2.05, 4.69) is 10.5 Å². The maximum absolute atomic E-state index is 12.2. The normalized spacial score (nSPS) is 15.5. The van der Waals surface area contributed by atoms with Crippen LogP contribution in [0.5, 0.6) is 5.75 Å². The molecule has 162 valence electrons. The molecule has 0 saturated heterocycles. The molecule has 0 aromatic heterocycles. The lowest BCUT2D eigenvalue weighted by Crippen LogP contribution is -2.26. The number of nitrogens with zero attached hydrogens (tertiary/aromatic N) is 1. The van der Waals surface area contributed by atoms with Crippen molar-refractivity contribution in [2.45, 2.75) is 59.8 Å². The lowest BCUT2D eigenvalue weighted by molar-refractivity contribution is -0.154. The van der Waals surface area contributed by atoms with Gasteiger partial charge in [0.2, 0.25) is 0 Å². The van der Waals surface area contributed by atoms with Crippen LogP contribution in [-0.4, -0.2) is 29.1 Å². The van der Waals surface area contributed by atoms with E-state index in [4.69, 9.17) is 10.1 Å². The van der Waals surface area contributed by atoms with Crippen LogP contribution < -0.4 is 5.43 Å². The fraction of sp³-hybridized carbons (Fsp3) is 0.458. The van der Waals surface area contributed by atoms with E-state index in [1.165, 1.54) is 0 Å². The molecule has 1 aliphatic carbocycles. The highest BCUT2D eigenvalue weighted by molar-refractivity contribution is 6.50. The van der Waals surface area contributed by atoms with E-state index < -0.39 is 5.41 Å². The van der Waals surface area contributed by atoms with Crippen molar-refractivity contribution in [3.63, 3.8) is 0 Å². The van der Waals surface area contributed by atoms with Gasteiger partial charge in [-0.1, -0.05) is 45.9 Å². The number of hydrazone groups is 1. The van der Waals surface area contributed by atoms with Gasteiger partial charge in [-0.3, -0.25) is 15.6 Å². The van der Waals surface area contributed by atoms with Crippen molar-refractivity contribution < 1.29 is 14.6 Å². The van der Waals surface area contributed by atoms with Crippen molar-refractivity contribution in [2.75, 3.05) is 12.0 Å². The number of esters is 1. The predicted octanol–water partition coefficient (Wildman–Crippen LogP) is 5.13. The maximum Gasteiger partial charge on any atom is 0.311 e. The molecule has 0 fully saturated rings. The van der Waals surface area contributed by atoms with Crippen molar-refractivity contribution >= 4 is 23.1 Å². The van der Waals surface area contributed by atoms with Crippen LogP contribution in [0.15, 0.2) is 41.5 Å². The molecule has 1 aromatic carbocycles. The average Bonchev–Trinajstić information content (AvgIpc) is 2.68. The zero-order valence-corrected chi connectivity index (χ0v) is 18.8. The predicted molar refractivity (Wildman–Crippen MR) is 123 cm³/mol. The van der Waals surface area contributed by atoms with E-state index in [1.807, 2.05) is 53.7 Å². The number of hydrogen-bond donors (Lipinski definition) is 3. The minimum atomic E-state index is -0.499. The summed E-state index contributed by atoms with van der Waals surface area (Å²) < 4.78 is 5.47. The first-order valence-electron chi connectivity index (χ1n) is 10.3. The molecule has 0 bridgehead atoms. The second-order valence-corrected chi connectivity index (χ2v) is 9.15. The van der Waals surface area contributed by atoms with Gasteiger partial charge in [0, 0.05) is 12.0 Å². The van der Waals surface area contributed by atoms with Crippen LogP contribution in [-0.2, 0) is 21.4 Å². The van der Waals surface area contributed by atoms with Crippen LogP contribution in [0.4, 0.5) is 5.69 Å². The molecule has 1 aliphatic rings. The number of aromatic hydroxyl groups is 1. The summed E-state index contributed by atoms with van der Waals surface area (Å²) in [6, 6.07) is 3.75. The Hall–Kier alpha value is -2.89. The van der Waals surface area contributed by atoms with Gasteiger partial charge in [-0.15, -0.1) is 0 Å². The summed E-state index contributed by atoms with van der Waals surface area (Å²) in [6.07, 6.45) is 8.21. The maximum atomic E-state index is 12.2. The van der Waals surface area contributed by atoms with E-state index in [1.54, 1.807) is 24.3 Å². The van der Waals surface area contributed by atoms with Gasteiger partial charge in [0.25, 0.3) is 0 Å². The van der Waals surface area contributed by atoms with Crippen LogP contribution in [0.1, 0.15) is 59.1 Å². The molecule has 2 rings (SSSR count). The van der Waals surface area contributed by atoms with E-state index >= 15 is 0 Å². The summed E-state index contributed by atoms with van der Waals surface area (Å²) in [5, 5.41) is 23.0. The second-order valence-electron chi connectivity index (χ2n) is 9.15. The zero-order valence-electron chi connectivity index (χ0n) is 18.8. The second kappa shape index (κ2) is 9.28. The molecule has 30 heavy (non-hydrogen) atoms. The highest BCUT2D eigenvalue weighted by Crippen LogP contribution is 2.37. The van der Waals surface area contributed by atoms with Crippen LogP contribution >= 0.6 is 0 Å². The van der Waals surface area contributed by atoms with Crippen molar-refractivity contribution in [3.05, 3.63) is 47.6 Å². The fourth-order valence-corrected chi connectivity index (χ4v) is 2.79. The molecule has 0 amide bonds. The van der Waals surface area contributed by atoms with Crippen LogP contribution in [0, 0.1) is 10.8 Å². The first-order valence-corrected chi connectivity index (χ1v) is 10.3. The Labute approximate surface area is 179 Å². The van der Waals surface area contributed by atoms with Gasteiger partial charge < -0.3 is 9.84 Å². The van der Waals surface area contributed by atoms with Crippen molar-refractivity contribution in [2.24, 2.45) is 10.5 Å². The Bertz CT molecular complexity index is 903. The van der Waals surface area contributed by atoms with Crippen molar-refractivity contribution in [3.8, 4) is 5.75 Å². The molecule has 0 saturated carbocycles. The summed E-state index contributed by atoms with van der Waals surface area (Å²) in [5.41, 5.74) is 5.05. The van der Waals surface area contributed by atoms with Crippen LogP contribution in [0.3, 0.4) is 0 Å². The third-order valence-corrected chi connectivity index (χ3v) is 5.24. The number of phenolic OH excluding ortho intramolecular Hbond substituents is 1. The van der Waals surface area contributed by atoms with E-state index in [0.29, 0.717) is 30.0 Å². The van der Waals surface area contributed by atoms with Gasteiger partial charge in [-0.05, 0) is 49.5 Å². The first-order chi connectivity index (χ1) is 14.0. The summed E-state index contributed by atoms with van der Waals surface area (Å²) >= 11 is 0. The number of benzene rings is 1. The van der Waals surface area contributed by atoms with Gasteiger partial charge in [0.1, 0.15) is 11.5 Å². The number of ether oxygens (including phenoxy) is 1. The minimum absolute atomic E-state index is 0.126. The molecule has 6 heteroatoms. The first kappa shape index (κ1) is 23.4. The molecule has 0 spiro atoms. The summed E-state index contributed by atoms with van der Waals surface area (Å²) in [4.78, 5) is 12.2. The van der Waals surface area contributed by atoms with Gasteiger partial charge >= 0.3 is 5.97 Å². The van der Waals surface area contributed by atoms with Gasteiger partial charge in [-0.25, -0.2) is 0 Å². The smallest absolute Gasteiger partial charge is 0.311 e. The fourth-order valence-electron chi connectivity index (χ4n) is 2.79. The Morgan fingerprint density at radius 1 is 1.17 bits per heavy atom. The zero-order chi connectivity index (χ0) is 22.5. The highest BCUT2D eigenvalue weighted by atomic mass is 16.5. The van der Waals surface area contributed by atoms with Gasteiger partial charge in [0.15, 0.2) is 0 Å². The van der Waals surface area contributed by atoms with Crippen molar-refractivity contribution in [1.29, 1.82) is 5.41 Å². The monoisotopic (exact) mass is 411 g/mol. The van der Waals surface area contributed by atoms with E-state index in [0.717, 1.165) is 11.1 Å². The number of anilines is 1. The van der Waals surface area contributed by atoms with Gasteiger partial charge in [-0.2, -0.15) is 5.10 Å². The average molecular weight is 412 g/mol. The Balaban J connectivity index is 2.24. The molecule has 0 atom stereocenters. The van der Waals surface area contributed by atoms with E-state index in [-0.39, 0.29) is 23.7 Å². The number of carbonyl (C=O) groups is 1. The lowest BCUT2D eigenvalue weighted by Gasteiger charge is -2.24. The molecular weight excluding hydrogens is 378 g/mol. The Morgan fingerprint density at radius 2 is 1.83 bits per heavy atom. The SMILES string of the molecule is CCC(C)(C)C(=O)OCCc1cc(N/N=C2/C=CC=CC2=N)c(O)c(C(C)(C)C)c1. The molecule has 3 N–H and O–H groups in total. The Morgan fingerprint density at radius 3 is 2.43 bits per heavy atom. The molecular formula is C24H33N3O3. The number of carbonyl (C=O) groups excluding carboxylic acids is 1. The molecule has 0 radical (unpaired) electrons. The largest absolute Gasteiger partial charge is 0.505 e.